The largest absolute Gasteiger partial charge is 0.462 e. The molecule has 0 aliphatic heterocycles. The fourth-order valence-electron chi connectivity index (χ4n) is 0.831. The third-order valence-corrected chi connectivity index (χ3v) is 3.43. The first-order valence-electron chi connectivity index (χ1n) is 4.69. The molecule has 0 heterocycles. The van der Waals surface area contributed by atoms with Crippen molar-refractivity contribution in [2.24, 2.45) is 0 Å². The molecule has 0 aromatic carbocycles. The van der Waals surface area contributed by atoms with Crippen molar-refractivity contribution >= 4 is 25.3 Å². The van der Waals surface area contributed by atoms with Crippen molar-refractivity contribution < 1.29 is 23.1 Å². The maximum absolute atomic E-state index is 11.7. The van der Waals surface area contributed by atoms with Crippen molar-refractivity contribution in [3.05, 3.63) is 0 Å². The van der Waals surface area contributed by atoms with E-state index in [1.807, 2.05) is 0 Å². The summed E-state index contributed by atoms with van der Waals surface area (Å²) in [6, 6.07) is -1.11. The molecule has 0 bridgehead atoms. The van der Waals surface area contributed by atoms with Gasteiger partial charge >= 0.3 is 13.7 Å². The Morgan fingerprint density at radius 1 is 1.44 bits per heavy atom. The third kappa shape index (κ3) is 5.82. The molecule has 0 aromatic rings. The van der Waals surface area contributed by atoms with Crippen LogP contribution in [0.15, 0.2) is 0 Å². The van der Waals surface area contributed by atoms with E-state index in [0.29, 0.717) is 0 Å². The Morgan fingerprint density at radius 3 is 2.38 bits per heavy atom. The first-order valence-corrected chi connectivity index (χ1v) is 6.77. The SMILES string of the molecule is COP(=O)(N[C@@H](C)C(=O)OC(C)C)OCCl. The summed E-state index contributed by atoms with van der Waals surface area (Å²) in [6.07, 6.45) is -0.243. The number of carbonyl (C=O) groups excluding carboxylic acids is 1. The molecule has 1 unspecified atom stereocenters. The molecule has 96 valence electrons. The van der Waals surface area contributed by atoms with Gasteiger partial charge in [-0.2, -0.15) is 0 Å². The Labute approximate surface area is 100 Å². The second kappa shape index (κ2) is 7.25. The Morgan fingerprint density at radius 2 is 2.00 bits per heavy atom. The lowest BCUT2D eigenvalue weighted by Gasteiger charge is -2.20. The predicted molar refractivity (Wildman–Crippen MR) is 60.2 cm³/mol. The smallest absolute Gasteiger partial charge is 0.407 e. The molecule has 2 atom stereocenters. The normalized spacial score (nSPS) is 16.9. The summed E-state index contributed by atoms with van der Waals surface area (Å²) in [5, 5.41) is 2.40. The summed E-state index contributed by atoms with van der Waals surface area (Å²) in [5.41, 5.74) is 0. The molecule has 16 heavy (non-hydrogen) atoms. The Hall–Kier alpha value is -0.130. The second-order valence-electron chi connectivity index (χ2n) is 3.25. The zero-order valence-corrected chi connectivity index (χ0v) is 11.4. The van der Waals surface area contributed by atoms with Gasteiger partial charge in [-0.15, -0.1) is 0 Å². The first-order chi connectivity index (χ1) is 7.34. The van der Waals surface area contributed by atoms with Gasteiger partial charge in [0, 0.05) is 7.11 Å². The highest BCUT2D eigenvalue weighted by Gasteiger charge is 2.29. The highest BCUT2D eigenvalue weighted by atomic mass is 35.5. The maximum atomic E-state index is 11.7. The highest BCUT2D eigenvalue weighted by Crippen LogP contribution is 2.43. The Bertz CT molecular complexity index is 273. The highest BCUT2D eigenvalue weighted by molar-refractivity contribution is 7.51. The number of nitrogens with one attached hydrogen (secondary N) is 1. The van der Waals surface area contributed by atoms with Crippen molar-refractivity contribution in [1.82, 2.24) is 5.09 Å². The van der Waals surface area contributed by atoms with E-state index in [1.54, 1.807) is 13.8 Å². The molecule has 6 nitrogen and oxygen atoms in total. The molecule has 0 aliphatic rings. The zero-order chi connectivity index (χ0) is 12.8. The Balaban J connectivity index is 4.35. The molecule has 8 heteroatoms. The van der Waals surface area contributed by atoms with Crippen molar-refractivity contribution in [3.8, 4) is 0 Å². The number of ether oxygens (including phenoxy) is 1. The van der Waals surface area contributed by atoms with Gasteiger partial charge in [-0.25, -0.2) is 9.65 Å². The van der Waals surface area contributed by atoms with Crippen LogP contribution in [0.4, 0.5) is 0 Å². The van der Waals surface area contributed by atoms with Gasteiger partial charge in [-0.1, -0.05) is 11.6 Å². The van der Waals surface area contributed by atoms with Crippen molar-refractivity contribution in [1.29, 1.82) is 0 Å². The average Bonchev–Trinajstić information content (AvgIpc) is 2.17. The van der Waals surface area contributed by atoms with Crippen LogP contribution in [-0.2, 0) is 23.1 Å². The van der Waals surface area contributed by atoms with Gasteiger partial charge in [0.2, 0.25) is 0 Å². The molecular weight excluding hydrogens is 257 g/mol. The van der Waals surface area contributed by atoms with Gasteiger partial charge in [0.1, 0.15) is 12.1 Å². The standard InChI is InChI=1S/C8H17ClNO5P/c1-6(2)15-8(11)7(3)10-16(12,13-4)14-5-9/h6-7H,5H2,1-4H3,(H,10,12)/t7-,16?/m0/s1. The number of halogens is 1. The number of hydrogen-bond donors (Lipinski definition) is 1. The van der Waals surface area contributed by atoms with E-state index in [2.05, 4.69) is 14.1 Å². The lowest BCUT2D eigenvalue weighted by molar-refractivity contribution is -0.149. The number of alkyl halides is 1. The van der Waals surface area contributed by atoms with Crippen LogP contribution < -0.4 is 5.09 Å². The monoisotopic (exact) mass is 273 g/mol. The molecule has 0 radical (unpaired) electrons. The van der Waals surface area contributed by atoms with Crippen LogP contribution in [0, 0.1) is 0 Å². The van der Waals surface area contributed by atoms with Gasteiger partial charge < -0.3 is 9.26 Å². The zero-order valence-electron chi connectivity index (χ0n) is 9.73. The van der Waals surface area contributed by atoms with E-state index >= 15 is 0 Å². The summed E-state index contributed by atoms with van der Waals surface area (Å²) >= 11 is 5.28. The molecular formula is C8H17ClNO5P. The number of rotatable bonds is 7. The number of hydrogen-bond acceptors (Lipinski definition) is 5. The summed E-state index contributed by atoms with van der Waals surface area (Å²) < 4.78 is 26.0. The Kier molecular flexibility index (Phi) is 7.19. The van der Waals surface area contributed by atoms with Gasteiger partial charge in [-0.05, 0) is 20.8 Å². The van der Waals surface area contributed by atoms with E-state index in [9.17, 15) is 9.36 Å². The fraction of sp³-hybridized carbons (Fsp3) is 0.875. The van der Waals surface area contributed by atoms with Gasteiger partial charge in [0.05, 0.1) is 6.10 Å². The van der Waals surface area contributed by atoms with Crippen LogP contribution in [0.2, 0.25) is 0 Å². The van der Waals surface area contributed by atoms with Crippen molar-refractivity contribution in [2.75, 3.05) is 13.2 Å². The third-order valence-electron chi connectivity index (χ3n) is 1.52. The van der Waals surface area contributed by atoms with Crippen LogP contribution in [0.3, 0.4) is 0 Å². The molecule has 0 rings (SSSR count). The fourth-order valence-corrected chi connectivity index (χ4v) is 2.21. The first kappa shape index (κ1) is 15.9. The molecule has 0 saturated carbocycles. The van der Waals surface area contributed by atoms with Crippen molar-refractivity contribution in [3.63, 3.8) is 0 Å². The van der Waals surface area contributed by atoms with E-state index < -0.39 is 19.8 Å². The van der Waals surface area contributed by atoms with Crippen LogP contribution >= 0.6 is 19.3 Å². The summed E-state index contributed by atoms with van der Waals surface area (Å²) in [7, 11) is -2.34. The predicted octanol–water partition coefficient (Wildman–Crippen LogP) is 1.88. The topological polar surface area (TPSA) is 73.9 Å². The van der Waals surface area contributed by atoms with E-state index in [1.165, 1.54) is 14.0 Å². The molecule has 0 aliphatic carbocycles. The number of carbonyl (C=O) groups is 1. The lowest BCUT2D eigenvalue weighted by Crippen LogP contribution is -2.35. The summed E-state index contributed by atoms with van der Waals surface area (Å²) in [6.45, 7) is 4.93. The van der Waals surface area contributed by atoms with Crippen molar-refractivity contribution in [2.45, 2.75) is 32.9 Å². The minimum atomic E-state index is -3.54. The molecule has 0 fully saturated rings. The molecule has 0 spiro atoms. The van der Waals surface area contributed by atoms with Crippen LogP contribution in [-0.4, -0.2) is 31.3 Å². The summed E-state index contributed by atoms with van der Waals surface area (Å²) in [5.74, 6) is -0.537. The van der Waals surface area contributed by atoms with E-state index in [4.69, 9.17) is 16.3 Å². The quantitative estimate of drug-likeness (QED) is 0.434. The minimum Gasteiger partial charge on any atom is -0.462 e. The van der Waals surface area contributed by atoms with Crippen LogP contribution in [0.1, 0.15) is 20.8 Å². The van der Waals surface area contributed by atoms with Gasteiger partial charge in [0.25, 0.3) is 0 Å². The summed E-state index contributed by atoms with van der Waals surface area (Å²) in [4.78, 5) is 11.4. The molecule has 1 N–H and O–H groups in total. The van der Waals surface area contributed by atoms with E-state index in [-0.39, 0.29) is 12.2 Å². The van der Waals surface area contributed by atoms with Crippen LogP contribution in [0.25, 0.3) is 0 Å². The van der Waals surface area contributed by atoms with Gasteiger partial charge in [-0.3, -0.25) is 9.32 Å². The minimum absolute atomic E-state index is 0.243. The van der Waals surface area contributed by atoms with Gasteiger partial charge in [0.15, 0.2) is 0 Å². The average molecular weight is 274 g/mol. The molecule has 0 amide bonds. The number of esters is 1. The second-order valence-corrected chi connectivity index (χ2v) is 5.35. The molecule has 0 saturated heterocycles. The lowest BCUT2D eigenvalue weighted by atomic mass is 10.4. The van der Waals surface area contributed by atoms with E-state index in [0.717, 1.165) is 0 Å². The van der Waals surface area contributed by atoms with Crippen LogP contribution in [0.5, 0.6) is 0 Å². The molecule has 0 aromatic heterocycles. The maximum Gasteiger partial charge on any atom is 0.407 e.